The molecule has 0 radical (unpaired) electrons. The number of carbonyl (C=O) groups is 1. The largest absolute Gasteiger partial charge is 0.480 e. The van der Waals surface area contributed by atoms with Gasteiger partial charge in [-0.05, 0) is 35.9 Å². The first-order valence-corrected chi connectivity index (χ1v) is 9.07. The second kappa shape index (κ2) is 7.10. The summed E-state index contributed by atoms with van der Waals surface area (Å²) in [4.78, 5) is 19.4. The predicted octanol–water partition coefficient (Wildman–Crippen LogP) is 5.13. The maximum Gasteiger partial charge on any atom is 0.326 e. The summed E-state index contributed by atoms with van der Waals surface area (Å²) in [6, 6.07) is 13.9. The Hall–Kier alpha value is -2.76. The highest BCUT2D eigenvalue weighted by molar-refractivity contribution is 6.42. The molecular weight excluding hydrogens is 385 g/mol. The van der Waals surface area contributed by atoms with Crippen molar-refractivity contribution in [2.75, 3.05) is 5.32 Å². The van der Waals surface area contributed by atoms with Crippen LogP contribution in [0.3, 0.4) is 0 Å². The number of nitrogens with one attached hydrogen (secondary N) is 2. The van der Waals surface area contributed by atoms with Gasteiger partial charge in [-0.3, -0.25) is 0 Å². The summed E-state index contributed by atoms with van der Waals surface area (Å²) < 4.78 is 0. The van der Waals surface area contributed by atoms with Crippen molar-refractivity contribution in [3.63, 3.8) is 0 Å². The SMILES string of the molecule is O=C(O)[C@@H](Cc1c[nH]c2ccccc12)Nc1ccc2cc(Cl)c(Cl)cc2n1. The molecule has 0 saturated carbocycles. The summed E-state index contributed by atoms with van der Waals surface area (Å²) in [5.74, 6) is -0.482. The van der Waals surface area contributed by atoms with E-state index in [1.54, 1.807) is 18.2 Å². The molecule has 0 amide bonds. The normalized spacial score (nSPS) is 12.4. The fraction of sp³-hybridized carbons (Fsp3) is 0.100. The van der Waals surface area contributed by atoms with Gasteiger partial charge in [0.25, 0.3) is 0 Å². The minimum atomic E-state index is -0.948. The topological polar surface area (TPSA) is 78.0 Å². The van der Waals surface area contributed by atoms with Crippen molar-refractivity contribution in [3.05, 3.63) is 70.3 Å². The minimum Gasteiger partial charge on any atom is -0.480 e. The van der Waals surface area contributed by atoms with Crippen LogP contribution in [0.1, 0.15) is 5.56 Å². The molecule has 0 saturated heterocycles. The van der Waals surface area contributed by atoms with Gasteiger partial charge in [-0.2, -0.15) is 0 Å². The molecule has 0 aliphatic heterocycles. The Morgan fingerprint density at radius 3 is 2.74 bits per heavy atom. The van der Waals surface area contributed by atoms with Crippen LogP contribution in [0, 0.1) is 0 Å². The lowest BCUT2D eigenvalue weighted by Gasteiger charge is -2.15. The Balaban J connectivity index is 1.62. The first kappa shape index (κ1) is 17.6. The summed E-state index contributed by atoms with van der Waals surface area (Å²) in [5.41, 5.74) is 2.55. The van der Waals surface area contributed by atoms with Crippen LogP contribution in [0.4, 0.5) is 5.82 Å². The molecule has 3 N–H and O–H groups in total. The van der Waals surface area contributed by atoms with Crippen LogP contribution in [0.2, 0.25) is 10.0 Å². The number of carboxylic acid groups (broad SMARTS) is 1. The number of halogens is 2. The Bertz CT molecular complexity index is 1160. The van der Waals surface area contributed by atoms with Gasteiger partial charge in [0, 0.05) is 28.9 Å². The zero-order valence-electron chi connectivity index (χ0n) is 14.0. The smallest absolute Gasteiger partial charge is 0.326 e. The van der Waals surface area contributed by atoms with Gasteiger partial charge in [0.1, 0.15) is 11.9 Å². The third kappa shape index (κ3) is 3.56. The molecule has 0 fully saturated rings. The molecule has 4 aromatic rings. The van der Waals surface area contributed by atoms with Gasteiger partial charge in [-0.15, -0.1) is 0 Å². The standard InChI is InChI=1S/C20H15Cl2N3O2/c21-14-7-11-5-6-19(24-17(11)9-15(14)22)25-18(20(26)27)8-12-10-23-16-4-2-1-3-13(12)16/h1-7,9-10,18,23H,8H2,(H,24,25)(H,26,27)/t18-/m1/s1. The van der Waals surface area contributed by atoms with Crippen molar-refractivity contribution in [1.29, 1.82) is 0 Å². The van der Waals surface area contributed by atoms with E-state index < -0.39 is 12.0 Å². The van der Waals surface area contributed by atoms with Crippen LogP contribution in [-0.2, 0) is 11.2 Å². The quantitative estimate of drug-likeness (QED) is 0.434. The maximum absolute atomic E-state index is 11.8. The van der Waals surface area contributed by atoms with Crippen molar-refractivity contribution >= 4 is 56.8 Å². The lowest BCUT2D eigenvalue weighted by molar-refractivity contribution is -0.137. The Kier molecular flexibility index (Phi) is 4.64. The number of aromatic nitrogens is 2. The van der Waals surface area contributed by atoms with Gasteiger partial charge in [0.2, 0.25) is 0 Å². The molecule has 2 aromatic carbocycles. The molecular formula is C20H15Cl2N3O2. The summed E-state index contributed by atoms with van der Waals surface area (Å²) >= 11 is 12.1. The molecule has 2 aromatic heterocycles. The van der Waals surface area contributed by atoms with Crippen LogP contribution in [0.15, 0.2) is 54.7 Å². The van der Waals surface area contributed by atoms with E-state index in [1.165, 1.54) is 0 Å². The summed E-state index contributed by atoms with van der Waals surface area (Å²) in [6.07, 6.45) is 2.16. The van der Waals surface area contributed by atoms with Crippen molar-refractivity contribution < 1.29 is 9.90 Å². The first-order chi connectivity index (χ1) is 13.0. The zero-order valence-corrected chi connectivity index (χ0v) is 15.6. The number of nitrogens with zero attached hydrogens (tertiary/aromatic N) is 1. The van der Waals surface area contributed by atoms with E-state index in [0.29, 0.717) is 27.8 Å². The molecule has 0 bridgehead atoms. The molecule has 0 aliphatic carbocycles. The van der Waals surface area contributed by atoms with Crippen molar-refractivity contribution in [3.8, 4) is 0 Å². The third-order valence-electron chi connectivity index (χ3n) is 4.45. The second-order valence-corrected chi connectivity index (χ2v) is 7.07. The summed E-state index contributed by atoms with van der Waals surface area (Å²) in [7, 11) is 0. The van der Waals surface area contributed by atoms with Crippen molar-refractivity contribution in [2.45, 2.75) is 12.5 Å². The van der Waals surface area contributed by atoms with E-state index in [2.05, 4.69) is 15.3 Å². The fourth-order valence-corrected chi connectivity index (χ4v) is 3.43. The highest BCUT2D eigenvalue weighted by Gasteiger charge is 2.20. The van der Waals surface area contributed by atoms with E-state index in [1.807, 2.05) is 36.5 Å². The number of pyridine rings is 1. The number of anilines is 1. The van der Waals surface area contributed by atoms with E-state index >= 15 is 0 Å². The van der Waals surface area contributed by atoms with Gasteiger partial charge in [0.05, 0.1) is 15.6 Å². The molecule has 136 valence electrons. The number of hydrogen-bond acceptors (Lipinski definition) is 3. The monoisotopic (exact) mass is 399 g/mol. The van der Waals surface area contributed by atoms with Crippen molar-refractivity contribution in [1.82, 2.24) is 9.97 Å². The number of aromatic amines is 1. The Morgan fingerprint density at radius 1 is 1.15 bits per heavy atom. The van der Waals surface area contributed by atoms with Gasteiger partial charge in [-0.1, -0.05) is 41.4 Å². The highest BCUT2D eigenvalue weighted by Crippen LogP contribution is 2.28. The fourth-order valence-electron chi connectivity index (χ4n) is 3.10. The Labute approximate surface area is 164 Å². The number of aliphatic carboxylic acids is 1. The summed E-state index contributed by atoms with van der Waals surface area (Å²) in [5, 5.41) is 15.4. The predicted molar refractivity (Wildman–Crippen MR) is 109 cm³/mol. The second-order valence-electron chi connectivity index (χ2n) is 6.25. The summed E-state index contributed by atoms with van der Waals surface area (Å²) in [6.45, 7) is 0. The lowest BCUT2D eigenvalue weighted by Crippen LogP contribution is -2.31. The van der Waals surface area contributed by atoms with E-state index in [9.17, 15) is 9.90 Å². The number of hydrogen-bond donors (Lipinski definition) is 3. The molecule has 7 heteroatoms. The van der Waals surface area contributed by atoms with Crippen LogP contribution in [0.25, 0.3) is 21.8 Å². The number of fused-ring (bicyclic) bond motifs is 2. The van der Waals surface area contributed by atoms with Crippen LogP contribution in [-0.4, -0.2) is 27.1 Å². The maximum atomic E-state index is 11.8. The molecule has 5 nitrogen and oxygen atoms in total. The molecule has 27 heavy (non-hydrogen) atoms. The zero-order chi connectivity index (χ0) is 19.0. The average molecular weight is 400 g/mol. The molecule has 2 heterocycles. The van der Waals surface area contributed by atoms with Crippen LogP contribution < -0.4 is 5.32 Å². The number of benzene rings is 2. The number of H-pyrrole nitrogens is 1. The molecule has 0 spiro atoms. The van der Waals surface area contributed by atoms with Crippen LogP contribution >= 0.6 is 23.2 Å². The molecule has 4 rings (SSSR count). The average Bonchev–Trinajstić information content (AvgIpc) is 3.05. The number of para-hydroxylation sites is 1. The molecule has 0 unspecified atom stereocenters. The van der Waals surface area contributed by atoms with Gasteiger partial charge < -0.3 is 15.4 Å². The van der Waals surface area contributed by atoms with Gasteiger partial charge in [-0.25, -0.2) is 9.78 Å². The number of carboxylic acids is 1. The third-order valence-corrected chi connectivity index (χ3v) is 5.17. The number of rotatable bonds is 5. The minimum absolute atomic E-state index is 0.320. The highest BCUT2D eigenvalue weighted by atomic mass is 35.5. The molecule has 1 atom stereocenters. The Morgan fingerprint density at radius 2 is 1.93 bits per heavy atom. The molecule has 0 aliphatic rings. The van der Waals surface area contributed by atoms with Crippen LogP contribution in [0.5, 0.6) is 0 Å². The van der Waals surface area contributed by atoms with Gasteiger partial charge >= 0.3 is 5.97 Å². The first-order valence-electron chi connectivity index (χ1n) is 8.31. The van der Waals surface area contributed by atoms with E-state index in [-0.39, 0.29) is 0 Å². The van der Waals surface area contributed by atoms with E-state index in [4.69, 9.17) is 23.2 Å². The van der Waals surface area contributed by atoms with Crippen molar-refractivity contribution in [2.24, 2.45) is 0 Å². The lowest BCUT2D eigenvalue weighted by atomic mass is 10.0. The van der Waals surface area contributed by atoms with E-state index in [0.717, 1.165) is 21.9 Å². The van der Waals surface area contributed by atoms with Gasteiger partial charge in [0.15, 0.2) is 0 Å².